The molecule has 1 aromatic heterocycles. The van der Waals surface area contributed by atoms with E-state index < -0.39 is 0 Å². The number of aromatic nitrogens is 2. The van der Waals surface area contributed by atoms with Gasteiger partial charge < -0.3 is 16.5 Å². The minimum Gasteiger partial charge on any atom is -0.341 e. The van der Waals surface area contributed by atoms with Crippen LogP contribution in [0.25, 0.3) is 11.0 Å². The van der Waals surface area contributed by atoms with E-state index in [1.807, 2.05) is 18.2 Å². The molecule has 3 aliphatic rings. The molecule has 5 nitrogen and oxygen atoms in total. The molecule has 162 valence electrons. The first kappa shape index (κ1) is 19.7. The van der Waals surface area contributed by atoms with Crippen molar-refractivity contribution in [3.63, 3.8) is 0 Å². The smallest absolute Gasteiger partial charge is 0.124 e. The minimum atomic E-state index is -0.0430. The van der Waals surface area contributed by atoms with Crippen molar-refractivity contribution in [1.29, 1.82) is 0 Å². The molecule has 6 rings (SSSR count). The maximum atomic E-state index is 6.49. The van der Waals surface area contributed by atoms with Crippen molar-refractivity contribution in [1.82, 2.24) is 9.97 Å². The Morgan fingerprint density at radius 1 is 0.906 bits per heavy atom. The SMILES string of the molecule is CC1([C@H](N)C2=Nc3ccc(C#Cc4ccc5nc([C@@H](N)C6(C)CC6)[nH]c5c4)cc3C2)CC1. The summed E-state index contributed by atoms with van der Waals surface area (Å²) < 4.78 is 0. The van der Waals surface area contributed by atoms with E-state index in [1.54, 1.807) is 0 Å². The largest absolute Gasteiger partial charge is 0.341 e. The first-order valence-corrected chi connectivity index (χ1v) is 11.6. The molecule has 0 radical (unpaired) electrons. The molecule has 5 heteroatoms. The van der Waals surface area contributed by atoms with Crippen LogP contribution in [0.3, 0.4) is 0 Å². The number of aliphatic imine (C=N–C) groups is 1. The Labute approximate surface area is 188 Å². The van der Waals surface area contributed by atoms with Crippen molar-refractivity contribution in [2.24, 2.45) is 27.3 Å². The molecule has 2 aliphatic carbocycles. The van der Waals surface area contributed by atoms with E-state index in [0.29, 0.717) is 0 Å². The van der Waals surface area contributed by atoms with Gasteiger partial charge in [-0.2, -0.15) is 0 Å². The second kappa shape index (κ2) is 6.78. The molecule has 1 aliphatic heterocycles. The van der Waals surface area contributed by atoms with Crippen LogP contribution in [0.1, 0.15) is 68.1 Å². The molecule has 5 N–H and O–H groups in total. The number of imidazole rings is 1. The van der Waals surface area contributed by atoms with Crippen molar-refractivity contribution in [3.05, 3.63) is 58.9 Å². The minimum absolute atomic E-state index is 0.0430. The van der Waals surface area contributed by atoms with Gasteiger partial charge in [0.1, 0.15) is 5.82 Å². The standard InChI is InChI=1S/C27H29N5/c1-26(9-10-26)23(28)22-15-18-13-16(5-7-19(18)30-22)3-4-17-6-8-20-21(14-17)32-25(31-20)24(29)27(2)11-12-27/h5-8,13-14,23-24H,9-12,15,28-29H2,1-2H3,(H,31,32)/t23-,24-/m1/s1. The highest BCUT2D eigenvalue weighted by molar-refractivity contribution is 5.98. The fourth-order valence-electron chi connectivity index (χ4n) is 4.63. The molecule has 0 spiro atoms. The van der Waals surface area contributed by atoms with Crippen LogP contribution in [0.2, 0.25) is 0 Å². The highest BCUT2D eigenvalue weighted by Gasteiger charge is 2.46. The van der Waals surface area contributed by atoms with Gasteiger partial charge in [-0.25, -0.2) is 4.98 Å². The molecular weight excluding hydrogens is 394 g/mol. The molecule has 3 aromatic rings. The fraction of sp³-hybridized carbons (Fsp3) is 0.407. The van der Waals surface area contributed by atoms with Crippen molar-refractivity contribution >= 4 is 22.4 Å². The molecule has 2 aromatic carbocycles. The molecule has 2 fully saturated rings. The van der Waals surface area contributed by atoms with Gasteiger partial charge in [0, 0.05) is 29.3 Å². The summed E-state index contributed by atoms with van der Waals surface area (Å²) in [6.07, 6.45) is 5.58. The highest BCUT2D eigenvalue weighted by Crippen LogP contribution is 2.53. The lowest BCUT2D eigenvalue weighted by Crippen LogP contribution is -2.38. The van der Waals surface area contributed by atoms with Crippen molar-refractivity contribution < 1.29 is 0 Å². The maximum Gasteiger partial charge on any atom is 0.124 e. The van der Waals surface area contributed by atoms with Gasteiger partial charge in [-0.1, -0.05) is 25.7 Å². The van der Waals surface area contributed by atoms with Crippen LogP contribution < -0.4 is 11.5 Å². The highest BCUT2D eigenvalue weighted by atomic mass is 15.0. The normalized spacial score (nSPS) is 21.3. The summed E-state index contributed by atoms with van der Waals surface area (Å²) in [7, 11) is 0. The number of H-pyrrole nitrogens is 1. The predicted octanol–water partition coefficient (Wildman–Crippen LogP) is 4.52. The number of nitrogens with one attached hydrogen (secondary N) is 1. The van der Waals surface area contributed by atoms with Gasteiger partial charge in [0.25, 0.3) is 0 Å². The predicted molar refractivity (Wildman–Crippen MR) is 129 cm³/mol. The van der Waals surface area contributed by atoms with E-state index in [0.717, 1.165) is 45.8 Å². The Morgan fingerprint density at radius 3 is 2.28 bits per heavy atom. The third-order valence-corrected chi connectivity index (χ3v) is 7.80. The average molecular weight is 424 g/mol. The number of nitrogens with two attached hydrogens (primary N) is 2. The van der Waals surface area contributed by atoms with Crippen LogP contribution >= 0.6 is 0 Å². The van der Waals surface area contributed by atoms with Gasteiger partial charge in [-0.15, -0.1) is 0 Å². The van der Waals surface area contributed by atoms with Crippen LogP contribution in [0.5, 0.6) is 0 Å². The van der Waals surface area contributed by atoms with Crippen molar-refractivity contribution in [2.75, 3.05) is 0 Å². The summed E-state index contributed by atoms with van der Waals surface area (Å²) in [5.41, 5.74) is 20.6. The Kier molecular flexibility index (Phi) is 4.18. The van der Waals surface area contributed by atoms with Crippen LogP contribution in [0.15, 0.2) is 41.4 Å². The Hall–Kier alpha value is -2.94. The molecule has 0 bridgehead atoms. The third-order valence-electron chi connectivity index (χ3n) is 7.80. The number of aromatic amines is 1. The van der Waals surface area contributed by atoms with E-state index in [9.17, 15) is 0 Å². The second-order valence-electron chi connectivity index (χ2n) is 10.5. The summed E-state index contributed by atoms with van der Waals surface area (Å²) in [4.78, 5) is 12.9. The number of nitrogens with zero attached hydrogens (tertiary/aromatic N) is 2. The molecule has 2 heterocycles. The van der Waals surface area contributed by atoms with Crippen LogP contribution in [-0.2, 0) is 6.42 Å². The number of rotatable bonds is 4. The molecule has 2 saturated carbocycles. The second-order valence-corrected chi connectivity index (χ2v) is 10.5. The van der Waals surface area contributed by atoms with E-state index in [1.165, 1.54) is 31.2 Å². The van der Waals surface area contributed by atoms with Crippen molar-refractivity contribution in [3.8, 4) is 11.8 Å². The molecule has 0 unspecified atom stereocenters. The van der Waals surface area contributed by atoms with Gasteiger partial charge in [0.15, 0.2) is 0 Å². The Balaban J connectivity index is 1.21. The summed E-state index contributed by atoms with van der Waals surface area (Å²) >= 11 is 0. The Morgan fingerprint density at radius 2 is 1.56 bits per heavy atom. The lowest BCUT2D eigenvalue weighted by atomic mass is 9.92. The number of fused-ring (bicyclic) bond motifs is 2. The van der Waals surface area contributed by atoms with Gasteiger partial charge in [-0.05, 0) is 78.5 Å². The summed E-state index contributed by atoms with van der Waals surface area (Å²) in [5.74, 6) is 7.49. The lowest BCUT2D eigenvalue weighted by Gasteiger charge is -2.18. The summed E-state index contributed by atoms with van der Waals surface area (Å²) in [6.45, 7) is 4.49. The molecular formula is C27H29N5. The third kappa shape index (κ3) is 3.35. The van der Waals surface area contributed by atoms with Gasteiger partial charge in [0.2, 0.25) is 0 Å². The summed E-state index contributed by atoms with van der Waals surface area (Å²) in [6, 6.07) is 12.4. The van der Waals surface area contributed by atoms with Gasteiger partial charge in [0.05, 0.1) is 22.8 Å². The zero-order valence-electron chi connectivity index (χ0n) is 18.7. The molecule has 0 amide bonds. The lowest BCUT2D eigenvalue weighted by molar-refractivity contribution is 0.435. The molecule has 2 atom stereocenters. The van der Waals surface area contributed by atoms with E-state index in [4.69, 9.17) is 21.4 Å². The van der Waals surface area contributed by atoms with Crippen LogP contribution in [0, 0.1) is 22.7 Å². The van der Waals surface area contributed by atoms with Crippen molar-refractivity contribution in [2.45, 2.75) is 58.0 Å². The maximum absolute atomic E-state index is 6.49. The van der Waals surface area contributed by atoms with E-state index in [2.05, 4.69) is 48.9 Å². The monoisotopic (exact) mass is 423 g/mol. The Bertz CT molecular complexity index is 1330. The quantitative estimate of drug-likeness (QED) is 0.539. The number of hydrogen-bond donors (Lipinski definition) is 3. The fourth-order valence-corrected chi connectivity index (χ4v) is 4.63. The number of benzene rings is 2. The topological polar surface area (TPSA) is 93.1 Å². The molecule has 32 heavy (non-hydrogen) atoms. The van der Waals surface area contributed by atoms with Gasteiger partial charge >= 0.3 is 0 Å². The first-order valence-electron chi connectivity index (χ1n) is 11.6. The molecule has 0 saturated heterocycles. The zero-order chi connectivity index (χ0) is 22.1. The van der Waals surface area contributed by atoms with Crippen LogP contribution in [0.4, 0.5) is 5.69 Å². The van der Waals surface area contributed by atoms with E-state index in [-0.39, 0.29) is 22.9 Å². The van der Waals surface area contributed by atoms with E-state index >= 15 is 0 Å². The summed E-state index contributed by atoms with van der Waals surface area (Å²) in [5, 5.41) is 0. The average Bonchev–Trinajstić information content (AvgIpc) is 3.62. The first-order chi connectivity index (χ1) is 15.3. The zero-order valence-corrected chi connectivity index (χ0v) is 18.7. The number of hydrogen-bond acceptors (Lipinski definition) is 4. The van der Waals surface area contributed by atoms with Crippen LogP contribution in [-0.4, -0.2) is 21.7 Å². The van der Waals surface area contributed by atoms with Gasteiger partial charge in [-0.3, -0.25) is 4.99 Å².